The van der Waals surface area contributed by atoms with E-state index in [0.717, 1.165) is 30.3 Å². The minimum absolute atomic E-state index is 0.195. The SMILES string of the molecule is CC(=O)Cc1ccc(OCCCC2CCNCC2)cc1. The fourth-order valence-electron chi connectivity index (χ4n) is 2.72. The number of ketones is 1. The molecule has 1 aliphatic rings. The molecule has 0 aliphatic carbocycles. The van der Waals surface area contributed by atoms with Gasteiger partial charge in [0.15, 0.2) is 0 Å². The Kier molecular flexibility index (Phi) is 6.06. The van der Waals surface area contributed by atoms with Crippen LogP contribution in [0.5, 0.6) is 5.75 Å². The van der Waals surface area contributed by atoms with Gasteiger partial charge < -0.3 is 10.1 Å². The molecule has 0 unspecified atom stereocenters. The fourth-order valence-corrected chi connectivity index (χ4v) is 2.72. The predicted molar refractivity (Wildman–Crippen MR) is 81.1 cm³/mol. The van der Waals surface area contributed by atoms with Crippen LogP contribution in [0, 0.1) is 5.92 Å². The van der Waals surface area contributed by atoms with E-state index in [1.54, 1.807) is 6.92 Å². The van der Waals surface area contributed by atoms with Crippen LogP contribution in [-0.2, 0) is 11.2 Å². The summed E-state index contributed by atoms with van der Waals surface area (Å²) in [6.07, 6.45) is 5.51. The fraction of sp³-hybridized carbons (Fsp3) is 0.588. The van der Waals surface area contributed by atoms with Crippen molar-refractivity contribution in [2.75, 3.05) is 19.7 Å². The lowest BCUT2D eigenvalue weighted by molar-refractivity contribution is -0.116. The molecule has 0 aromatic heterocycles. The Bertz CT molecular complexity index is 408. The summed E-state index contributed by atoms with van der Waals surface area (Å²) < 4.78 is 5.76. The molecule has 0 amide bonds. The molecule has 3 heteroatoms. The third-order valence-corrected chi connectivity index (χ3v) is 3.86. The molecule has 2 rings (SSSR count). The zero-order chi connectivity index (χ0) is 14.2. The van der Waals surface area contributed by atoms with Crippen molar-refractivity contribution in [2.45, 2.75) is 39.0 Å². The quantitative estimate of drug-likeness (QED) is 0.777. The van der Waals surface area contributed by atoms with Crippen LogP contribution >= 0.6 is 0 Å². The Morgan fingerprint density at radius 2 is 1.95 bits per heavy atom. The Hall–Kier alpha value is -1.35. The number of carbonyl (C=O) groups is 1. The maximum Gasteiger partial charge on any atom is 0.134 e. The molecular formula is C17H25NO2. The van der Waals surface area contributed by atoms with Crippen LogP contribution < -0.4 is 10.1 Å². The molecule has 1 saturated heterocycles. The van der Waals surface area contributed by atoms with E-state index >= 15 is 0 Å². The van der Waals surface area contributed by atoms with Crippen LogP contribution in [0.2, 0.25) is 0 Å². The van der Waals surface area contributed by atoms with E-state index < -0.39 is 0 Å². The van der Waals surface area contributed by atoms with Gasteiger partial charge in [-0.15, -0.1) is 0 Å². The number of Topliss-reactive ketones (excluding diaryl/α,β-unsaturated/α-hetero) is 1. The van der Waals surface area contributed by atoms with E-state index in [1.165, 1.54) is 32.4 Å². The molecular weight excluding hydrogens is 250 g/mol. The number of hydrogen-bond acceptors (Lipinski definition) is 3. The van der Waals surface area contributed by atoms with Gasteiger partial charge in [0.1, 0.15) is 11.5 Å². The summed E-state index contributed by atoms with van der Waals surface area (Å²) in [6, 6.07) is 7.87. The maximum absolute atomic E-state index is 11.0. The largest absolute Gasteiger partial charge is 0.494 e. The molecule has 0 atom stereocenters. The molecule has 0 spiro atoms. The predicted octanol–water partition coefficient (Wildman–Crippen LogP) is 2.98. The first kappa shape index (κ1) is 15.0. The van der Waals surface area contributed by atoms with Crippen molar-refractivity contribution in [3.8, 4) is 5.75 Å². The van der Waals surface area contributed by atoms with Crippen molar-refractivity contribution in [3.63, 3.8) is 0 Å². The molecule has 1 fully saturated rings. The van der Waals surface area contributed by atoms with Crippen LogP contribution in [0.1, 0.15) is 38.2 Å². The lowest BCUT2D eigenvalue weighted by Gasteiger charge is -2.22. The highest BCUT2D eigenvalue weighted by molar-refractivity contribution is 5.78. The maximum atomic E-state index is 11.0. The third-order valence-electron chi connectivity index (χ3n) is 3.86. The summed E-state index contributed by atoms with van der Waals surface area (Å²) >= 11 is 0. The molecule has 20 heavy (non-hydrogen) atoms. The zero-order valence-electron chi connectivity index (χ0n) is 12.4. The normalized spacial score (nSPS) is 16.1. The van der Waals surface area contributed by atoms with Crippen LogP contribution in [0.3, 0.4) is 0 Å². The Morgan fingerprint density at radius 3 is 2.60 bits per heavy atom. The van der Waals surface area contributed by atoms with E-state index in [9.17, 15) is 4.79 Å². The first-order valence-corrected chi connectivity index (χ1v) is 7.66. The molecule has 1 aromatic carbocycles. The highest BCUT2D eigenvalue weighted by atomic mass is 16.5. The average molecular weight is 275 g/mol. The van der Waals surface area contributed by atoms with E-state index in [2.05, 4.69) is 5.32 Å². The van der Waals surface area contributed by atoms with Crippen molar-refractivity contribution in [1.82, 2.24) is 5.32 Å². The van der Waals surface area contributed by atoms with Gasteiger partial charge in [0.2, 0.25) is 0 Å². The second kappa shape index (κ2) is 8.05. The molecule has 0 saturated carbocycles. The second-order valence-electron chi connectivity index (χ2n) is 5.71. The van der Waals surface area contributed by atoms with Gasteiger partial charge in [-0.05, 0) is 69.3 Å². The van der Waals surface area contributed by atoms with Gasteiger partial charge in [0.25, 0.3) is 0 Å². The zero-order valence-corrected chi connectivity index (χ0v) is 12.4. The lowest BCUT2D eigenvalue weighted by atomic mass is 9.93. The van der Waals surface area contributed by atoms with E-state index in [-0.39, 0.29) is 5.78 Å². The smallest absolute Gasteiger partial charge is 0.134 e. The number of rotatable bonds is 7. The summed E-state index contributed by atoms with van der Waals surface area (Å²) in [6.45, 7) is 4.74. The lowest BCUT2D eigenvalue weighted by Crippen LogP contribution is -2.27. The standard InChI is InChI=1S/C17H25NO2/c1-14(19)13-16-4-6-17(7-5-16)20-12-2-3-15-8-10-18-11-9-15/h4-7,15,18H,2-3,8-13H2,1H3. The molecule has 0 bridgehead atoms. The van der Waals surface area contributed by atoms with Gasteiger partial charge in [-0.3, -0.25) is 4.79 Å². The number of nitrogens with one attached hydrogen (secondary N) is 1. The van der Waals surface area contributed by atoms with Crippen molar-refractivity contribution < 1.29 is 9.53 Å². The number of piperidine rings is 1. The Balaban J connectivity index is 1.64. The van der Waals surface area contributed by atoms with Gasteiger partial charge >= 0.3 is 0 Å². The topological polar surface area (TPSA) is 38.3 Å². The van der Waals surface area contributed by atoms with E-state index in [0.29, 0.717) is 6.42 Å². The van der Waals surface area contributed by atoms with Crippen molar-refractivity contribution >= 4 is 5.78 Å². The van der Waals surface area contributed by atoms with Gasteiger partial charge in [0.05, 0.1) is 6.61 Å². The van der Waals surface area contributed by atoms with E-state index in [4.69, 9.17) is 4.74 Å². The summed E-state index contributed by atoms with van der Waals surface area (Å²) in [4.78, 5) is 11.0. The highest BCUT2D eigenvalue weighted by Crippen LogP contribution is 2.18. The molecule has 1 aliphatic heterocycles. The minimum atomic E-state index is 0.195. The van der Waals surface area contributed by atoms with Crippen LogP contribution in [0.4, 0.5) is 0 Å². The van der Waals surface area contributed by atoms with Crippen LogP contribution in [0.25, 0.3) is 0 Å². The molecule has 110 valence electrons. The van der Waals surface area contributed by atoms with Crippen molar-refractivity contribution in [3.05, 3.63) is 29.8 Å². The molecule has 1 heterocycles. The second-order valence-corrected chi connectivity index (χ2v) is 5.71. The Labute approximate surface area is 121 Å². The third kappa shape index (κ3) is 5.33. The van der Waals surface area contributed by atoms with Crippen molar-refractivity contribution in [2.24, 2.45) is 5.92 Å². The molecule has 1 N–H and O–H groups in total. The monoisotopic (exact) mass is 275 g/mol. The summed E-state index contributed by atoms with van der Waals surface area (Å²) in [5.74, 6) is 1.97. The van der Waals surface area contributed by atoms with Gasteiger partial charge in [-0.2, -0.15) is 0 Å². The first-order chi connectivity index (χ1) is 9.74. The number of benzene rings is 1. The van der Waals surface area contributed by atoms with Gasteiger partial charge in [-0.25, -0.2) is 0 Å². The highest BCUT2D eigenvalue weighted by Gasteiger charge is 2.12. The van der Waals surface area contributed by atoms with Crippen molar-refractivity contribution in [1.29, 1.82) is 0 Å². The van der Waals surface area contributed by atoms with Gasteiger partial charge in [0, 0.05) is 6.42 Å². The number of ether oxygens (including phenoxy) is 1. The average Bonchev–Trinajstić information content (AvgIpc) is 2.46. The molecule has 3 nitrogen and oxygen atoms in total. The summed E-state index contributed by atoms with van der Waals surface area (Å²) in [7, 11) is 0. The molecule has 0 radical (unpaired) electrons. The van der Waals surface area contributed by atoms with E-state index in [1.807, 2.05) is 24.3 Å². The summed E-state index contributed by atoms with van der Waals surface area (Å²) in [5.41, 5.74) is 1.06. The molecule has 1 aromatic rings. The Morgan fingerprint density at radius 1 is 1.25 bits per heavy atom. The van der Waals surface area contributed by atoms with Gasteiger partial charge in [-0.1, -0.05) is 12.1 Å². The number of carbonyl (C=O) groups excluding carboxylic acids is 1. The first-order valence-electron chi connectivity index (χ1n) is 7.66. The van der Waals surface area contributed by atoms with Crippen LogP contribution in [-0.4, -0.2) is 25.5 Å². The van der Waals surface area contributed by atoms with Crippen LogP contribution in [0.15, 0.2) is 24.3 Å². The summed E-state index contributed by atoms with van der Waals surface area (Å²) in [5, 5.41) is 3.39. The number of hydrogen-bond donors (Lipinski definition) is 1. The minimum Gasteiger partial charge on any atom is -0.494 e.